The predicted octanol–water partition coefficient (Wildman–Crippen LogP) is 6.55. The van der Waals surface area contributed by atoms with E-state index < -0.39 is 5.82 Å². The third-order valence-electron chi connectivity index (χ3n) is 5.34. The van der Waals surface area contributed by atoms with Crippen LogP contribution in [0.15, 0.2) is 91.6 Å². The Kier molecular flexibility index (Phi) is 10.6. The average Bonchev–Trinajstić information content (AvgIpc) is 2.97. The molecule has 1 amide bonds. The van der Waals surface area contributed by atoms with Gasteiger partial charge in [-0.3, -0.25) is 4.79 Å². The van der Waals surface area contributed by atoms with Crippen molar-refractivity contribution in [3.63, 3.8) is 0 Å². The van der Waals surface area contributed by atoms with E-state index in [1.54, 1.807) is 54.6 Å². The molecule has 0 aliphatic heterocycles. The zero-order valence-corrected chi connectivity index (χ0v) is 23.3. The van der Waals surface area contributed by atoms with Crippen LogP contribution < -0.4 is 26.0 Å². The summed E-state index contributed by atoms with van der Waals surface area (Å²) < 4.78 is 34.1. The molecule has 1 aromatic heterocycles. The minimum Gasteiger partial charge on any atom is -0.493 e. The van der Waals surface area contributed by atoms with Crippen molar-refractivity contribution in [1.29, 1.82) is 0 Å². The Hall–Kier alpha value is -4.55. The van der Waals surface area contributed by atoms with Crippen molar-refractivity contribution in [1.82, 2.24) is 15.3 Å². The van der Waals surface area contributed by atoms with Crippen molar-refractivity contribution in [3.05, 3.63) is 109 Å². The van der Waals surface area contributed by atoms with E-state index in [1.807, 2.05) is 6.07 Å². The number of halogens is 2. The van der Waals surface area contributed by atoms with Gasteiger partial charge < -0.3 is 26.0 Å². The lowest BCUT2D eigenvalue weighted by atomic mass is 10.2. The van der Waals surface area contributed by atoms with Gasteiger partial charge in [0.05, 0.1) is 12.8 Å². The second-order valence-corrected chi connectivity index (χ2v) is 10.2. The number of benzene rings is 3. The van der Waals surface area contributed by atoms with Gasteiger partial charge in [-0.15, -0.1) is 0 Å². The summed E-state index contributed by atoms with van der Waals surface area (Å²) in [6, 6.07) is 20.3. The van der Waals surface area contributed by atoms with E-state index in [4.69, 9.17) is 17.0 Å². The van der Waals surface area contributed by atoms with Crippen LogP contribution in [0.4, 0.5) is 37.6 Å². The van der Waals surface area contributed by atoms with Crippen LogP contribution in [-0.4, -0.2) is 32.6 Å². The van der Waals surface area contributed by atoms with E-state index in [1.165, 1.54) is 23.9 Å². The summed E-state index contributed by atoms with van der Waals surface area (Å²) in [6.07, 6.45) is 2.22. The summed E-state index contributed by atoms with van der Waals surface area (Å²) in [5.41, 5.74) is 2.55. The summed E-state index contributed by atoms with van der Waals surface area (Å²) >= 11 is 6.76. The molecule has 4 rings (SSSR count). The van der Waals surface area contributed by atoms with E-state index in [9.17, 15) is 13.6 Å². The van der Waals surface area contributed by atoms with Crippen LogP contribution in [0, 0.1) is 11.6 Å². The predicted molar refractivity (Wildman–Crippen MR) is 164 cm³/mol. The summed E-state index contributed by atoms with van der Waals surface area (Å²) in [5, 5.41) is 11.7. The second kappa shape index (κ2) is 14.7. The Morgan fingerprint density at radius 1 is 1.00 bits per heavy atom. The van der Waals surface area contributed by atoms with Gasteiger partial charge in [0.25, 0.3) is 0 Å². The molecule has 3 aromatic carbocycles. The molecular formula is C29H26F2N6O2S2. The third kappa shape index (κ3) is 9.55. The normalized spacial score (nSPS) is 10.4. The summed E-state index contributed by atoms with van der Waals surface area (Å²) in [7, 11) is 0. The minimum atomic E-state index is -0.638. The van der Waals surface area contributed by atoms with Crippen LogP contribution in [-0.2, 0) is 11.3 Å². The maximum atomic E-state index is 14.4. The van der Waals surface area contributed by atoms with Crippen LogP contribution in [0.5, 0.6) is 5.75 Å². The molecule has 0 atom stereocenters. The fourth-order valence-corrected chi connectivity index (χ4v) is 4.30. The van der Waals surface area contributed by atoms with Crippen molar-refractivity contribution in [3.8, 4) is 5.75 Å². The lowest BCUT2D eigenvalue weighted by molar-refractivity contribution is -0.111. The maximum absolute atomic E-state index is 14.4. The summed E-state index contributed by atoms with van der Waals surface area (Å²) in [5.74, 6) is 0.191. The number of ether oxygens (including phenoxy) is 1. The molecule has 0 saturated heterocycles. The molecule has 8 nitrogen and oxygen atoms in total. The number of rotatable bonds is 12. The zero-order valence-electron chi connectivity index (χ0n) is 21.7. The number of carbonyl (C=O) groups excluding carboxylic acids is 1. The number of anilines is 5. The van der Waals surface area contributed by atoms with Crippen molar-refractivity contribution in [2.45, 2.75) is 6.54 Å². The highest BCUT2D eigenvalue weighted by atomic mass is 32.2. The quantitative estimate of drug-likeness (QED) is 0.0829. The highest BCUT2D eigenvalue weighted by Gasteiger charge is 2.09. The molecule has 0 bridgehead atoms. The topological polar surface area (TPSA) is 100 Å². The standard InChI is InChI=1S/C29H26F2N6O2S2/c1-2-26(38)34-22-7-4-8-23(16-22)35-27-25(31)18-32-28(37-27)36-21-9-11-24(12-10-21)39-13-14-41-29(40)33-17-19-5-3-6-20(30)15-19/h2-12,15-16,18H,1,13-14,17H2,(H,33,40)(H,34,38)(H2,32,35,36,37). The van der Waals surface area contributed by atoms with Crippen molar-refractivity contribution >= 4 is 63.0 Å². The van der Waals surface area contributed by atoms with Gasteiger partial charge in [0.15, 0.2) is 11.6 Å². The van der Waals surface area contributed by atoms with Crippen LogP contribution in [0.1, 0.15) is 5.56 Å². The van der Waals surface area contributed by atoms with E-state index >= 15 is 0 Å². The first kappa shape index (κ1) is 29.4. The van der Waals surface area contributed by atoms with Gasteiger partial charge in [-0.2, -0.15) is 4.98 Å². The Labute approximate surface area is 245 Å². The zero-order chi connectivity index (χ0) is 29.0. The number of nitrogens with zero attached hydrogens (tertiary/aromatic N) is 2. The Balaban J connectivity index is 1.24. The van der Waals surface area contributed by atoms with Gasteiger partial charge in [-0.05, 0) is 66.2 Å². The van der Waals surface area contributed by atoms with Gasteiger partial charge in [0.1, 0.15) is 15.9 Å². The summed E-state index contributed by atoms with van der Waals surface area (Å²) in [4.78, 5) is 19.8. The molecular weight excluding hydrogens is 566 g/mol. The number of hydrogen-bond acceptors (Lipinski definition) is 8. The smallest absolute Gasteiger partial charge is 0.247 e. The first-order valence-electron chi connectivity index (χ1n) is 12.4. The molecule has 0 spiro atoms. The van der Waals surface area contributed by atoms with Crippen molar-refractivity contribution in [2.24, 2.45) is 0 Å². The van der Waals surface area contributed by atoms with Crippen LogP contribution in [0.3, 0.4) is 0 Å². The number of thiocarbonyl (C=S) groups is 1. The maximum Gasteiger partial charge on any atom is 0.247 e. The number of aromatic nitrogens is 2. The highest BCUT2D eigenvalue weighted by Crippen LogP contribution is 2.23. The molecule has 0 aliphatic rings. The van der Waals surface area contributed by atoms with Gasteiger partial charge in [0.2, 0.25) is 11.9 Å². The molecule has 0 aliphatic carbocycles. The average molecular weight is 593 g/mol. The van der Waals surface area contributed by atoms with E-state index in [2.05, 4.69) is 37.8 Å². The molecule has 0 unspecified atom stereocenters. The highest BCUT2D eigenvalue weighted by molar-refractivity contribution is 8.22. The lowest BCUT2D eigenvalue weighted by Crippen LogP contribution is -2.19. The molecule has 210 valence electrons. The van der Waals surface area contributed by atoms with E-state index in [-0.39, 0.29) is 23.5 Å². The van der Waals surface area contributed by atoms with Crippen molar-refractivity contribution in [2.75, 3.05) is 28.3 Å². The SMILES string of the molecule is C=CC(=O)Nc1cccc(Nc2nc(Nc3ccc(OCCSC(=S)NCc4cccc(F)c4)cc3)ncc2F)c1. The van der Waals surface area contributed by atoms with Gasteiger partial charge >= 0.3 is 0 Å². The van der Waals surface area contributed by atoms with Crippen LogP contribution >= 0.6 is 24.0 Å². The number of hydrogen-bond donors (Lipinski definition) is 4. The molecule has 0 radical (unpaired) electrons. The minimum absolute atomic E-state index is 0.0320. The number of amides is 1. The van der Waals surface area contributed by atoms with Gasteiger partial charge in [-0.25, -0.2) is 13.8 Å². The summed E-state index contributed by atoms with van der Waals surface area (Å²) in [6.45, 7) is 4.32. The Morgan fingerprint density at radius 3 is 2.56 bits per heavy atom. The Bertz CT molecular complexity index is 1520. The number of thioether (sulfide) groups is 1. The molecule has 4 N–H and O–H groups in total. The van der Waals surface area contributed by atoms with Crippen LogP contribution in [0.25, 0.3) is 0 Å². The van der Waals surface area contributed by atoms with Crippen LogP contribution in [0.2, 0.25) is 0 Å². The molecule has 41 heavy (non-hydrogen) atoms. The molecule has 4 aromatic rings. The van der Waals surface area contributed by atoms with E-state index in [0.29, 0.717) is 46.0 Å². The largest absolute Gasteiger partial charge is 0.493 e. The monoisotopic (exact) mass is 592 g/mol. The van der Waals surface area contributed by atoms with Crippen molar-refractivity contribution < 1.29 is 18.3 Å². The number of nitrogens with one attached hydrogen (secondary N) is 4. The first-order valence-corrected chi connectivity index (χ1v) is 13.8. The molecule has 12 heteroatoms. The first-order chi connectivity index (χ1) is 19.9. The molecule has 0 fully saturated rings. The number of carbonyl (C=O) groups is 1. The third-order valence-corrected chi connectivity index (χ3v) is 6.62. The lowest BCUT2D eigenvalue weighted by Gasteiger charge is -2.11. The fraction of sp³-hybridized carbons (Fsp3) is 0.103. The Morgan fingerprint density at radius 2 is 1.78 bits per heavy atom. The van der Waals surface area contributed by atoms with E-state index in [0.717, 1.165) is 17.8 Å². The second-order valence-electron chi connectivity index (χ2n) is 8.41. The van der Waals surface area contributed by atoms with Gasteiger partial charge in [0, 0.05) is 29.4 Å². The fourth-order valence-electron chi connectivity index (χ4n) is 3.45. The molecule has 0 saturated carbocycles. The molecule has 1 heterocycles. The van der Waals surface area contributed by atoms with Gasteiger partial charge in [-0.1, -0.05) is 48.8 Å².